The Morgan fingerprint density at radius 1 is 1.03 bits per heavy atom. The van der Waals surface area contributed by atoms with Gasteiger partial charge in [-0.1, -0.05) is 56.3 Å². The number of carbonyl (C=O) groups excluding carboxylic acids is 1. The van der Waals surface area contributed by atoms with Crippen LogP contribution in [0.15, 0.2) is 54.6 Å². The van der Waals surface area contributed by atoms with Gasteiger partial charge >= 0.3 is 0 Å². The van der Waals surface area contributed by atoms with Gasteiger partial charge in [-0.3, -0.25) is 15.0 Å². The molecule has 0 unspecified atom stereocenters. The third-order valence-corrected chi connectivity index (χ3v) is 5.19. The van der Waals surface area contributed by atoms with E-state index in [2.05, 4.69) is 53.2 Å². The summed E-state index contributed by atoms with van der Waals surface area (Å²) in [7, 11) is 0. The second-order valence-corrected chi connectivity index (χ2v) is 8.10. The van der Waals surface area contributed by atoms with Gasteiger partial charge in [0.25, 0.3) is 5.91 Å². The number of nitrogens with one attached hydrogen (secondary N) is 1. The van der Waals surface area contributed by atoms with E-state index in [9.17, 15) is 4.79 Å². The fourth-order valence-corrected chi connectivity index (χ4v) is 3.51. The molecular weight excluding hydrogens is 382 g/mol. The van der Waals surface area contributed by atoms with Gasteiger partial charge in [0, 0.05) is 32.7 Å². The second-order valence-electron chi connectivity index (χ2n) is 7.71. The molecule has 1 aliphatic rings. The summed E-state index contributed by atoms with van der Waals surface area (Å²) in [5.74, 6) is 0.759. The Kier molecular flexibility index (Phi) is 7.61. The summed E-state index contributed by atoms with van der Waals surface area (Å²) in [5.41, 5.74) is 1.83. The number of amides is 1. The Balaban J connectivity index is 1.51. The summed E-state index contributed by atoms with van der Waals surface area (Å²) < 4.78 is 5.79. The summed E-state index contributed by atoms with van der Waals surface area (Å²) in [6.07, 6.45) is 0. The van der Waals surface area contributed by atoms with Crippen LogP contribution in [0.2, 0.25) is 0 Å². The summed E-state index contributed by atoms with van der Waals surface area (Å²) in [5, 5.41) is 3.36. The SMILES string of the molecule is CC(C)COc1ccccc1C(=O)NC(=S)N1CCN(Cc2ccccc2)CC1. The highest BCUT2D eigenvalue weighted by Gasteiger charge is 2.21. The Morgan fingerprint density at radius 2 is 1.69 bits per heavy atom. The smallest absolute Gasteiger partial charge is 0.261 e. The molecule has 0 saturated carbocycles. The third-order valence-electron chi connectivity index (χ3n) is 4.83. The zero-order valence-electron chi connectivity index (χ0n) is 17.1. The van der Waals surface area contributed by atoms with Crippen molar-refractivity contribution in [1.82, 2.24) is 15.1 Å². The molecule has 1 fully saturated rings. The predicted molar refractivity (Wildman–Crippen MR) is 120 cm³/mol. The van der Waals surface area contributed by atoms with E-state index < -0.39 is 0 Å². The van der Waals surface area contributed by atoms with Crippen LogP contribution in [0.3, 0.4) is 0 Å². The summed E-state index contributed by atoms with van der Waals surface area (Å²) >= 11 is 5.50. The first-order valence-electron chi connectivity index (χ1n) is 10.1. The van der Waals surface area contributed by atoms with Crippen LogP contribution >= 0.6 is 12.2 Å². The van der Waals surface area contributed by atoms with Gasteiger partial charge in [0.15, 0.2) is 5.11 Å². The van der Waals surface area contributed by atoms with Crippen LogP contribution < -0.4 is 10.1 Å². The van der Waals surface area contributed by atoms with Crippen molar-refractivity contribution >= 4 is 23.2 Å². The molecule has 0 radical (unpaired) electrons. The average molecular weight is 412 g/mol. The van der Waals surface area contributed by atoms with Gasteiger partial charge in [0.1, 0.15) is 5.75 Å². The minimum atomic E-state index is -0.221. The van der Waals surface area contributed by atoms with Gasteiger partial charge in [-0.15, -0.1) is 0 Å². The molecule has 0 bridgehead atoms. The van der Waals surface area contributed by atoms with Crippen LogP contribution in [0.4, 0.5) is 0 Å². The van der Waals surface area contributed by atoms with Crippen molar-refractivity contribution in [2.24, 2.45) is 5.92 Å². The number of carbonyl (C=O) groups is 1. The fourth-order valence-electron chi connectivity index (χ4n) is 3.23. The molecule has 0 aromatic heterocycles. The zero-order chi connectivity index (χ0) is 20.6. The molecule has 5 nitrogen and oxygen atoms in total. The van der Waals surface area contributed by atoms with Crippen LogP contribution in [-0.2, 0) is 6.54 Å². The molecule has 0 spiro atoms. The molecular formula is C23H29N3O2S. The molecule has 1 heterocycles. The molecule has 2 aromatic carbocycles. The van der Waals surface area contributed by atoms with Crippen molar-refractivity contribution in [3.8, 4) is 5.75 Å². The van der Waals surface area contributed by atoms with Crippen LogP contribution in [-0.4, -0.2) is 53.6 Å². The van der Waals surface area contributed by atoms with Crippen LogP contribution in [0.1, 0.15) is 29.8 Å². The van der Waals surface area contributed by atoms with Gasteiger partial charge in [-0.2, -0.15) is 0 Å². The van der Waals surface area contributed by atoms with E-state index in [0.717, 1.165) is 32.7 Å². The Hall–Kier alpha value is -2.44. The molecule has 1 N–H and O–H groups in total. The highest BCUT2D eigenvalue weighted by molar-refractivity contribution is 7.80. The lowest BCUT2D eigenvalue weighted by Gasteiger charge is -2.36. The van der Waals surface area contributed by atoms with E-state index in [1.54, 1.807) is 6.07 Å². The van der Waals surface area contributed by atoms with Crippen molar-refractivity contribution < 1.29 is 9.53 Å². The molecule has 3 rings (SSSR count). The molecule has 1 amide bonds. The van der Waals surface area contributed by atoms with Gasteiger partial charge < -0.3 is 9.64 Å². The maximum Gasteiger partial charge on any atom is 0.261 e. The monoisotopic (exact) mass is 411 g/mol. The number of nitrogens with zero attached hydrogens (tertiary/aromatic N) is 2. The highest BCUT2D eigenvalue weighted by Crippen LogP contribution is 2.19. The average Bonchev–Trinajstić information content (AvgIpc) is 2.73. The molecule has 29 heavy (non-hydrogen) atoms. The lowest BCUT2D eigenvalue weighted by Crippen LogP contribution is -2.52. The topological polar surface area (TPSA) is 44.8 Å². The van der Waals surface area contributed by atoms with E-state index in [1.807, 2.05) is 24.3 Å². The van der Waals surface area contributed by atoms with Crippen molar-refractivity contribution in [1.29, 1.82) is 0 Å². The van der Waals surface area contributed by atoms with E-state index >= 15 is 0 Å². The number of rotatable bonds is 6. The normalized spacial score (nSPS) is 14.7. The highest BCUT2D eigenvalue weighted by atomic mass is 32.1. The third kappa shape index (κ3) is 6.27. The first-order valence-corrected chi connectivity index (χ1v) is 10.5. The standard InChI is InChI=1S/C23H29N3O2S/c1-18(2)17-28-21-11-7-6-10-20(21)22(27)24-23(29)26-14-12-25(13-15-26)16-19-8-4-3-5-9-19/h3-11,18H,12-17H2,1-2H3,(H,24,27,29). The van der Waals surface area contributed by atoms with Crippen LogP contribution in [0, 0.1) is 5.92 Å². The molecule has 2 aromatic rings. The number of para-hydroxylation sites is 1. The minimum absolute atomic E-state index is 0.221. The summed E-state index contributed by atoms with van der Waals surface area (Å²) in [6.45, 7) is 9.10. The van der Waals surface area contributed by atoms with Crippen molar-refractivity contribution in [2.45, 2.75) is 20.4 Å². The van der Waals surface area contributed by atoms with Crippen molar-refractivity contribution in [3.05, 3.63) is 65.7 Å². The summed E-state index contributed by atoms with van der Waals surface area (Å²) in [6, 6.07) is 17.8. The Labute approximate surface area is 178 Å². The number of hydrogen-bond donors (Lipinski definition) is 1. The molecule has 0 atom stereocenters. The van der Waals surface area contributed by atoms with E-state index in [-0.39, 0.29) is 5.91 Å². The van der Waals surface area contributed by atoms with Gasteiger partial charge in [-0.25, -0.2) is 0 Å². The molecule has 0 aliphatic carbocycles. The fraction of sp³-hybridized carbons (Fsp3) is 0.391. The van der Waals surface area contributed by atoms with Crippen molar-refractivity contribution in [3.63, 3.8) is 0 Å². The molecule has 6 heteroatoms. The van der Waals surface area contributed by atoms with E-state index in [1.165, 1.54) is 5.56 Å². The number of benzene rings is 2. The molecule has 1 saturated heterocycles. The maximum absolute atomic E-state index is 12.8. The summed E-state index contributed by atoms with van der Waals surface area (Å²) in [4.78, 5) is 17.2. The first kappa shape index (κ1) is 21.3. The quantitative estimate of drug-likeness (QED) is 0.737. The Bertz CT molecular complexity index is 818. The predicted octanol–water partition coefficient (Wildman–Crippen LogP) is 3.55. The van der Waals surface area contributed by atoms with E-state index in [4.69, 9.17) is 17.0 Å². The number of thiocarbonyl (C=S) groups is 1. The maximum atomic E-state index is 12.8. The number of piperazine rings is 1. The first-order chi connectivity index (χ1) is 14.0. The zero-order valence-corrected chi connectivity index (χ0v) is 18.0. The van der Waals surface area contributed by atoms with Crippen LogP contribution in [0.5, 0.6) is 5.75 Å². The number of hydrogen-bond acceptors (Lipinski definition) is 4. The Morgan fingerprint density at radius 3 is 2.38 bits per heavy atom. The minimum Gasteiger partial charge on any atom is -0.492 e. The largest absolute Gasteiger partial charge is 0.492 e. The second kappa shape index (κ2) is 10.4. The van der Waals surface area contributed by atoms with Gasteiger partial charge in [0.05, 0.1) is 12.2 Å². The lowest BCUT2D eigenvalue weighted by atomic mass is 10.2. The molecule has 154 valence electrons. The van der Waals surface area contributed by atoms with Gasteiger partial charge in [-0.05, 0) is 35.8 Å². The number of ether oxygens (including phenoxy) is 1. The van der Waals surface area contributed by atoms with Gasteiger partial charge in [0.2, 0.25) is 0 Å². The van der Waals surface area contributed by atoms with E-state index in [0.29, 0.717) is 29.0 Å². The lowest BCUT2D eigenvalue weighted by molar-refractivity contribution is 0.0964. The van der Waals surface area contributed by atoms with Crippen molar-refractivity contribution in [2.75, 3.05) is 32.8 Å². The van der Waals surface area contributed by atoms with Crippen LogP contribution in [0.25, 0.3) is 0 Å². The molecule has 1 aliphatic heterocycles.